The summed E-state index contributed by atoms with van der Waals surface area (Å²) in [6, 6.07) is 12.2. The van der Waals surface area contributed by atoms with Crippen LogP contribution < -0.4 is 24.3 Å². The zero-order valence-electron chi connectivity index (χ0n) is 24.5. The first kappa shape index (κ1) is 32.9. The number of hydrogen-bond donors (Lipinski definition) is 1. The molecule has 3 aromatic rings. The maximum Gasteiger partial charge on any atom is 0.346 e. The van der Waals surface area contributed by atoms with E-state index in [9.17, 15) is 14.0 Å². The van der Waals surface area contributed by atoms with E-state index in [1.165, 1.54) is 51.6 Å². The predicted molar refractivity (Wildman–Crippen MR) is 153 cm³/mol. The number of nitrogens with one attached hydrogen (secondary N) is 1. The van der Waals surface area contributed by atoms with Crippen LogP contribution in [0.25, 0.3) is 0 Å². The molecule has 1 aromatic heterocycles. The molecule has 0 radical (unpaired) electrons. The number of halogens is 1. The summed E-state index contributed by atoms with van der Waals surface area (Å²) in [6.07, 6.45) is 4.68. The summed E-state index contributed by atoms with van der Waals surface area (Å²) in [4.78, 5) is 28.4. The lowest BCUT2D eigenvalue weighted by atomic mass is 10.2. The van der Waals surface area contributed by atoms with E-state index >= 15 is 0 Å². The molecule has 4 rings (SSSR count). The normalized spacial score (nSPS) is 11.6. The average molecular weight is 571 g/mol. The van der Waals surface area contributed by atoms with E-state index in [1.54, 1.807) is 30.3 Å². The molecule has 2 heterocycles. The number of benzene rings is 2. The molecule has 9 nitrogen and oxygen atoms in total. The maximum atomic E-state index is 14.5. The van der Waals surface area contributed by atoms with Gasteiger partial charge in [0.15, 0.2) is 17.6 Å². The van der Waals surface area contributed by atoms with Crippen LogP contribution in [0.2, 0.25) is 0 Å². The Labute approximate surface area is 240 Å². The van der Waals surface area contributed by atoms with Gasteiger partial charge < -0.3 is 29.0 Å². The molecule has 222 valence electrons. The summed E-state index contributed by atoms with van der Waals surface area (Å²) >= 11 is 0. The molecule has 0 saturated carbocycles. The first-order valence-corrected chi connectivity index (χ1v) is 13.7. The van der Waals surface area contributed by atoms with Crippen LogP contribution in [0.3, 0.4) is 0 Å². The first-order chi connectivity index (χ1) is 19.9. The summed E-state index contributed by atoms with van der Waals surface area (Å²) in [6.45, 7) is 9.96. The van der Waals surface area contributed by atoms with E-state index in [0.29, 0.717) is 17.2 Å². The molecule has 1 aliphatic rings. The van der Waals surface area contributed by atoms with E-state index in [4.69, 9.17) is 18.9 Å². The Kier molecular flexibility index (Phi) is 13.9. The van der Waals surface area contributed by atoms with Gasteiger partial charge in [-0.3, -0.25) is 4.79 Å². The lowest BCUT2D eigenvalue weighted by Crippen LogP contribution is -2.25. The van der Waals surface area contributed by atoms with Gasteiger partial charge in [0.25, 0.3) is 5.91 Å². The van der Waals surface area contributed by atoms with Gasteiger partial charge in [-0.1, -0.05) is 53.0 Å². The van der Waals surface area contributed by atoms with Gasteiger partial charge in [0, 0.05) is 30.4 Å². The Morgan fingerprint density at radius 2 is 1.73 bits per heavy atom. The summed E-state index contributed by atoms with van der Waals surface area (Å²) < 4.78 is 40.8. The largest absolute Gasteiger partial charge is 0.479 e. The molecule has 1 N–H and O–H groups in total. The van der Waals surface area contributed by atoms with Crippen molar-refractivity contribution in [1.29, 1.82) is 0 Å². The minimum Gasteiger partial charge on any atom is -0.479 e. The third-order valence-corrected chi connectivity index (χ3v) is 5.59. The first-order valence-electron chi connectivity index (χ1n) is 13.7. The number of nitrogens with zero attached hydrogens (tertiary/aromatic N) is 1. The van der Waals surface area contributed by atoms with Crippen molar-refractivity contribution < 1.29 is 37.7 Å². The lowest BCUT2D eigenvalue weighted by molar-refractivity contribution is -0.147. The monoisotopic (exact) mass is 570 g/mol. The number of unbranched alkanes of at least 4 members (excludes halogenated alkanes) is 2. The second-order valence-corrected chi connectivity index (χ2v) is 8.55. The molecule has 1 amide bonds. The van der Waals surface area contributed by atoms with Crippen LogP contribution in [0.5, 0.6) is 28.9 Å². The van der Waals surface area contributed by atoms with E-state index in [0.717, 1.165) is 6.07 Å². The Balaban J connectivity index is 0.000000759. The van der Waals surface area contributed by atoms with Gasteiger partial charge >= 0.3 is 5.97 Å². The maximum absolute atomic E-state index is 14.5. The van der Waals surface area contributed by atoms with E-state index in [1.807, 2.05) is 13.8 Å². The molecular weight excluding hydrogens is 531 g/mol. The second kappa shape index (κ2) is 17.4. The number of hydrogen-bond acceptors (Lipinski definition) is 8. The van der Waals surface area contributed by atoms with Crippen LogP contribution in [-0.2, 0) is 16.1 Å². The number of carbonyl (C=O) groups is 2. The number of esters is 1. The fourth-order valence-corrected chi connectivity index (χ4v) is 3.48. The quantitative estimate of drug-likeness (QED) is 0.264. The van der Waals surface area contributed by atoms with Crippen LogP contribution >= 0.6 is 0 Å². The highest BCUT2D eigenvalue weighted by Crippen LogP contribution is 2.36. The van der Waals surface area contributed by atoms with Crippen LogP contribution in [0.1, 0.15) is 69.8 Å². The van der Waals surface area contributed by atoms with Crippen molar-refractivity contribution in [3.8, 4) is 28.9 Å². The van der Waals surface area contributed by atoms with E-state index in [2.05, 4.69) is 28.9 Å². The van der Waals surface area contributed by atoms with Crippen LogP contribution in [0, 0.1) is 5.82 Å². The van der Waals surface area contributed by atoms with Crippen molar-refractivity contribution in [3.05, 3.63) is 71.7 Å². The van der Waals surface area contributed by atoms with Gasteiger partial charge in [0.2, 0.25) is 12.7 Å². The third-order valence-electron chi connectivity index (χ3n) is 5.59. The number of ether oxygens (including phenoxy) is 5. The van der Waals surface area contributed by atoms with Crippen LogP contribution in [0.15, 0.2) is 54.7 Å². The number of amides is 1. The molecule has 0 spiro atoms. The summed E-state index contributed by atoms with van der Waals surface area (Å²) in [5.74, 6) is 0.123. The SMILES string of the molecule is CC.CCCCC.COC(=O)[C@H](C)Oc1ccc(CNC(=O)c2cccnc2Oc2ccc3c(c2)OCO3)c(F)c1. The number of fused-ring (bicyclic) bond motifs is 1. The Bertz CT molecular complexity index is 1270. The van der Waals surface area contributed by atoms with Gasteiger partial charge in [0.05, 0.1) is 7.11 Å². The highest BCUT2D eigenvalue weighted by Gasteiger charge is 2.19. The van der Waals surface area contributed by atoms with Crippen molar-refractivity contribution in [2.24, 2.45) is 0 Å². The molecule has 0 unspecified atom stereocenters. The van der Waals surface area contributed by atoms with Crippen molar-refractivity contribution in [2.75, 3.05) is 13.9 Å². The molecule has 2 aromatic carbocycles. The van der Waals surface area contributed by atoms with Gasteiger partial charge in [-0.05, 0) is 37.3 Å². The summed E-state index contributed by atoms with van der Waals surface area (Å²) in [5, 5.41) is 2.65. The van der Waals surface area contributed by atoms with E-state index < -0.39 is 23.8 Å². The zero-order valence-corrected chi connectivity index (χ0v) is 24.5. The predicted octanol–water partition coefficient (Wildman–Crippen LogP) is 6.83. The molecule has 1 aliphatic heterocycles. The number of pyridine rings is 1. The summed E-state index contributed by atoms with van der Waals surface area (Å²) in [7, 11) is 1.24. The van der Waals surface area contributed by atoms with Crippen molar-refractivity contribution in [1.82, 2.24) is 10.3 Å². The number of methoxy groups -OCH3 is 1. The molecule has 0 fully saturated rings. The third kappa shape index (κ3) is 9.97. The van der Waals surface area contributed by atoms with Crippen molar-refractivity contribution in [3.63, 3.8) is 0 Å². The fourth-order valence-electron chi connectivity index (χ4n) is 3.48. The average Bonchev–Trinajstić information content (AvgIpc) is 3.46. The second-order valence-electron chi connectivity index (χ2n) is 8.55. The molecule has 41 heavy (non-hydrogen) atoms. The topological polar surface area (TPSA) is 105 Å². The molecular formula is C31H39FN2O7. The van der Waals surface area contributed by atoms with Crippen molar-refractivity contribution in [2.45, 2.75) is 66.5 Å². The number of aromatic nitrogens is 1. The smallest absolute Gasteiger partial charge is 0.346 e. The van der Waals surface area contributed by atoms with Gasteiger partial charge in [-0.2, -0.15) is 0 Å². The molecule has 0 bridgehead atoms. The van der Waals surface area contributed by atoms with E-state index in [-0.39, 0.29) is 36.1 Å². The number of rotatable bonds is 10. The number of carbonyl (C=O) groups excluding carboxylic acids is 2. The molecule has 1 atom stereocenters. The Morgan fingerprint density at radius 3 is 2.39 bits per heavy atom. The zero-order chi connectivity index (χ0) is 30.2. The van der Waals surface area contributed by atoms with Crippen LogP contribution in [-0.4, -0.2) is 36.9 Å². The summed E-state index contributed by atoms with van der Waals surface area (Å²) in [5.41, 5.74) is 0.404. The molecule has 0 aliphatic carbocycles. The minimum absolute atomic E-state index is 0.0832. The Morgan fingerprint density at radius 1 is 1.02 bits per heavy atom. The lowest BCUT2D eigenvalue weighted by Gasteiger charge is -2.14. The minimum atomic E-state index is -0.885. The standard InChI is InChI=1S/C24H21FN2O7.C5H12.C2H6/c1-14(24(29)30-2)33-16-6-5-15(19(25)10-16)12-27-22(28)18-4-3-9-26-23(18)34-17-7-8-20-21(11-17)32-13-31-20;1-3-5-4-2;1-2/h3-11,14H,12-13H2,1-2H3,(H,27,28);3-5H2,1-2H3;1-2H3/t14-;;/m0../s1. The van der Waals surface area contributed by atoms with Gasteiger partial charge in [0.1, 0.15) is 22.9 Å². The Hall–Kier alpha value is -4.34. The van der Waals surface area contributed by atoms with Gasteiger partial charge in [-0.25, -0.2) is 14.2 Å². The highest BCUT2D eigenvalue weighted by atomic mass is 19.1. The molecule has 10 heteroatoms. The molecule has 0 saturated heterocycles. The van der Waals surface area contributed by atoms with Gasteiger partial charge in [-0.15, -0.1) is 0 Å². The van der Waals surface area contributed by atoms with Crippen LogP contribution in [0.4, 0.5) is 4.39 Å². The highest BCUT2D eigenvalue weighted by molar-refractivity contribution is 5.96. The fraction of sp³-hybridized carbons (Fsp3) is 0.387. The van der Waals surface area contributed by atoms with Crippen molar-refractivity contribution >= 4 is 11.9 Å².